The minimum atomic E-state index is -0.373. The predicted molar refractivity (Wildman–Crippen MR) is 58.3 cm³/mol. The third-order valence-corrected chi connectivity index (χ3v) is 2.52. The van der Waals surface area contributed by atoms with Gasteiger partial charge in [-0.2, -0.15) is 0 Å². The van der Waals surface area contributed by atoms with Gasteiger partial charge in [0.25, 0.3) is 0 Å². The fourth-order valence-electron chi connectivity index (χ4n) is 1.63. The average molecular weight is 220 g/mol. The molecule has 1 N–H and O–H groups in total. The van der Waals surface area contributed by atoms with Crippen molar-refractivity contribution in [2.24, 2.45) is 0 Å². The van der Waals surface area contributed by atoms with Crippen molar-refractivity contribution in [3.63, 3.8) is 0 Å². The van der Waals surface area contributed by atoms with Crippen LogP contribution in [-0.2, 0) is 11.3 Å². The molecule has 0 radical (unpaired) electrons. The lowest BCUT2D eigenvalue weighted by molar-refractivity contribution is 0.0600. The lowest BCUT2D eigenvalue weighted by Crippen LogP contribution is -2.35. The molecule has 5 heteroatoms. The molecule has 0 saturated carbocycles. The molecule has 1 aliphatic rings. The Morgan fingerprint density at radius 3 is 2.94 bits per heavy atom. The molecule has 1 aliphatic heterocycles. The molecule has 0 bridgehead atoms. The van der Waals surface area contributed by atoms with Crippen LogP contribution >= 0.6 is 0 Å². The Morgan fingerprint density at radius 2 is 2.25 bits per heavy atom. The van der Waals surface area contributed by atoms with Crippen LogP contribution in [-0.4, -0.2) is 31.1 Å². The number of anilines is 1. The number of fused-ring (bicyclic) bond motifs is 1. The fourth-order valence-corrected chi connectivity index (χ4v) is 1.63. The van der Waals surface area contributed by atoms with Gasteiger partial charge in [-0.3, -0.25) is 0 Å². The van der Waals surface area contributed by atoms with E-state index in [9.17, 15) is 9.59 Å². The number of carbonyl (C=O) groups is 2. The molecule has 0 aromatic heterocycles. The van der Waals surface area contributed by atoms with Gasteiger partial charge in [0.2, 0.25) is 0 Å². The van der Waals surface area contributed by atoms with Gasteiger partial charge in [0.15, 0.2) is 0 Å². The van der Waals surface area contributed by atoms with E-state index < -0.39 is 0 Å². The van der Waals surface area contributed by atoms with E-state index in [1.807, 2.05) is 0 Å². The number of urea groups is 1. The van der Waals surface area contributed by atoms with E-state index >= 15 is 0 Å². The van der Waals surface area contributed by atoms with E-state index in [0.717, 1.165) is 11.3 Å². The van der Waals surface area contributed by atoms with Gasteiger partial charge in [0, 0.05) is 19.3 Å². The zero-order valence-corrected chi connectivity index (χ0v) is 9.11. The number of amides is 2. The quantitative estimate of drug-likeness (QED) is 0.729. The first kappa shape index (κ1) is 10.5. The zero-order chi connectivity index (χ0) is 11.7. The molecule has 0 atom stereocenters. The Hall–Kier alpha value is -2.04. The van der Waals surface area contributed by atoms with Crippen molar-refractivity contribution in [1.29, 1.82) is 0 Å². The molecule has 0 aliphatic carbocycles. The van der Waals surface area contributed by atoms with Crippen molar-refractivity contribution in [1.82, 2.24) is 4.90 Å². The van der Waals surface area contributed by atoms with Crippen molar-refractivity contribution in [3.05, 3.63) is 29.3 Å². The molecule has 1 aromatic rings. The third kappa shape index (κ3) is 1.71. The first-order valence-electron chi connectivity index (χ1n) is 4.85. The lowest BCUT2D eigenvalue weighted by Gasteiger charge is -2.26. The summed E-state index contributed by atoms with van der Waals surface area (Å²) in [6, 6.07) is 4.94. The Kier molecular flexibility index (Phi) is 2.52. The highest BCUT2D eigenvalue weighted by molar-refractivity contribution is 5.94. The molecule has 1 heterocycles. The summed E-state index contributed by atoms with van der Waals surface area (Å²) in [4.78, 5) is 24.2. The maximum atomic E-state index is 11.4. The highest BCUT2D eigenvalue weighted by Gasteiger charge is 2.20. The predicted octanol–water partition coefficient (Wildman–Crippen LogP) is 1.45. The first-order valence-corrected chi connectivity index (χ1v) is 4.85. The van der Waals surface area contributed by atoms with Crippen LogP contribution in [0.15, 0.2) is 18.2 Å². The minimum absolute atomic E-state index is 0.140. The van der Waals surface area contributed by atoms with Crippen molar-refractivity contribution in [2.45, 2.75) is 6.54 Å². The Labute approximate surface area is 93.0 Å². The summed E-state index contributed by atoms with van der Waals surface area (Å²) in [5.74, 6) is -0.373. The zero-order valence-electron chi connectivity index (χ0n) is 9.11. The van der Waals surface area contributed by atoms with Crippen LogP contribution in [0.4, 0.5) is 10.5 Å². The lowest BCUT2D eigenvalue weighted by atomic mass is 10.1. The van der Waals surface area contributed by atoms with Crippen LogP contribution < -0.4 is 5.32 Å². The number of nitrogens with one attached hydrogen (secondary N) is 1. The topological polar surface area (TPSA) is 58.6 Å². The maximum Gasteiger partial charge on any atom is 0.337 e. The molecule has 1 aromatic carbocycles. The molecule has 84 valence electrons. The molecular formula is C11H12N2O3. The summed E-state index contributed by atoms with van der Waals surface area (Å²) in [5.41, 5.74) is 2.14. The Morgan fingerprint density at radius 1 is 1.50 bits per heavy atom. The number of rotatable bonds is 1. The molecule has 16 heavy (non-hydrogen) atoms. The van der Waals surface area contributed by atoms with Crippen LogP contribution in [0.25, 0.3) is 0 Å². The Balaban J connectivity index is 2.36. The summed E-state index contributed by atoms with van der Waals surface area (Å²) in [5, 5.41) is 2.73. The van der Waals surface area contributed by atoms with Gasteiger partial charge < -0.3 is 15.0 Å². The average Bonchev–Trinajstić information content (AvgIpc) is 2.29. The molecule has 0 unspecified atom stereocenters. The normalized spacial score (nSPS) is 14.1. The van der Waals surface area contributed by atoms with Gasteiger partial charge >= 0.3 is 12.0 Å². The highest BCUT2D eigenvalue weighted by atomic mass is 16.5. The molecule has 0 saturated heterocycles. The van der Waals surface area contributed by atoms with Crippen LogP contribution in [0.1, 0.15) is 15.9 Å². The minimum Gasteiger partial charge on any atom is -0.465 e. The van der Waals surface area contributed by atoms with Gasteiger partial charge in [-0.25, -0.2) is 9.59 Å². The number of benzene rings is 1. The standard InChI is InChI=1S/C11H12N2O3/c1-13-6-8-5-7(10(14)16-2)3-4-9(8)12-11(13)15/h3-5H,6H2,1-2H3,(H,12,15). The van der Waals surface area contributed by atoms with Crippen molar-refractivity contribution >= 4 is 17.7 Å². The van der Waals surface area contributed by atoms with Crippen LogP contribution in [0.3, 0.4) is 0 Å². The van der Waals surface area contributed by atoms with Gasteiger partial charge in [-0.1, -0.05) is 0 Å². The van der Waals surface area contributed by atoms with E-state index in [-0.39, 0.29) is 12.0 Å². The van der Waals surface area contributed by atoms with Gasteiger partial charge in [-0.15, -0.1) is 0 Å². The van der Waals surface area contributed by atoms with Gasteiger partial charge in [0.05, 0.1) is 12.7 Å². The number of ether oxygens (including phenoxy) is 1. The van der Waals surface area contributed by atoms with E-state index in [1.165, 1.54) is 7.11 Å². The summed E-state index contributed by atoms with van der Waals surface area (Å²) < 4.78 is 4.64. The fraction of sp³-hybridized carbons (Fsp3) is 0.273. The van der Waals surface area contributed by atoms with Crippen LogP contribution in [0.2, 0.25) is 0 Å². The number of carbonyl (C=O) groups excluding carboxylic acids is 2. The monoisotopic (exact) mass is 220 g/mol. The summed E-state index contributed by atoms with van der Waals surface area (Å²) in [6.45, 7) is 0.492. The number of hydrogen-bond donors (Lipinski definition) is 1. The summed E-state index contributed by atoms with van der Waals surface area (Å²) in [7, 11) is 3.04. The SMILES string of the molecule is COC(=O)c1ccc2c(c1)CN(C)C(=O)N2. The molecule has 0 spiro atoms. The second kappa shape index (κ2) is 3.84. The first-order chi connectivity index (χ1) is 7.61. The highest BCUT2D eigenvalue weighted by Crippen LogP contribution is 2.23. The molecule has 2 rings (SSSR count). The second-order valence-electron chi connectivity index (χ2n) is 3.65. The van der Waals surface area contributed by atoms with Crippen molar-refractivity contribution in [2.75, 3.05) is 19.5 Å². The van der Waals surface area contributed by atoms with Crippen LogP contribution in [0, 0.1) is 0 Å². The molecule has 2 amide bonds. The number of esters is 1. The van der Waals surface area contributed by atoms with Gasteiger partial charge in [-0.05, 0) is 23.8 Å². The molecule has 0 fully saturated rings. The van der Waals surface area contributed by atoms with Crippen molar-refractivity contribution < 1.29 is 14.3 Å². The van der Waals surface area contributed by atoms with Crippen molar-refractivity contribution in [3.8, 4) is 0 Å². The Bertz CT molecular complexity index is 457. The number of nitrogens with zero attached hydrogens (tertiary/aromatic N) is 1. The maximum absolute atomic E-state index is 11.4. The van der Waals surface area contributed by atoms with E-state index in [4.69, 9.17) is 0 Å². The van der Waals surface area contributed by atoms with E-state index in [1.54, 1.807) is 30.1 Å². The van der Waals surface area contributed by atoms with Crippen LogP contribution in [0.5, 0.6) is 0 Å². The van der Waals surface area contributed by atoms with E-state index in [2.05, 4.69) is 10.1 Å². The largest absolute Gasteiger partial charge is 0.465 e. The third-order valence-electron chi connectivity index (χ3n) is 2.52. The molecular weight excluding hydrogens is 208 g/mol. The summed E-state index contributed by atoms with van der Waals surface area (Å²) in [6.07, 6.45) is 0. The smallest absolute Gasteiger partial charge is 0.337 e. The second-order valence-corrected chi connectivity index (χ2v) is 3.65. The molecule has 5 nitrogen and oxygen atoms in total. The summed E-state index contributed by atoms with van der Waals surface area (Å²) >= 11 is 0. The number of methoxy groups -OCH3 is 1. The van der Waals surface area contributed by atoms with E-state index in [0.29, 0.717) is 12.1 Å². The number of hydrogen-bond acceptors (Lipinski definition) is 3. The van der Waals surface area contributed by atoms with Gasteiger partial charge in [0.1, 0.15) is 0 Å².